The van der Waals surface area contributed by atoms with Gasteiger partial charge in [0.15, 0.2) is 11.5 Å². The molecule has 0 bridgehead atoms. The summed E-state index contributed by atoms with van der Waals surface area (Å²) in [6.45, 7) is 2.54. The maximum atomic E-state index is 11.0. The van der Waals surface area contributed by atoms with Gasteiger partial charge in [0, 0.05) is 18.2 Å². The topological polar surface area (TPSA) is 67.8 Å². The molecule has 5 nitrogen and oxygen atoms in total. The molecule has 0 amide bonds. The van der Waals surface area contributed by atoms with Crippen molar-refractivity contribution in [1.29, 1.82) is 0 Å². The lowest BCUT2D eigenvalue weighted by Crippen LogP contribution is -2.17. The molecule has 2 unspecified atom stereocenters. The Labute approximate surface area is 115 Å². The average molecular weight is 284 g/mol. The number of rotatable bonds is 2. The standard InChI is InChI=1S/C13H14ClNO4/c1-6-11(14)8(3-10-12(6)19-5-18-10)9-2-7(4-15-9)13(16)17/h3,7,9,15H,2,4-5H2,1H3,(H,16,17). The molecule has 3 rings (SSSR count). The highest BCUT2D eigenvalue weighted by atomic mass is 35.5. The van der Waals surface area contributed by atoms with Gasteiger partial charge in [-0.25, -0.2) is 0 Å². The molecule has 1 saturated heterocycles. The maximum absolute atomic E-state index is 11.0. The van der Waals surface area contributed by atoms with Crippen LogP contribution in [-0.2, 0) is 4.79 Å². The van der Waals surface area contributed by atoms with Crippen LogP contribution in [0.15, 0.2) is 6.07 Å². The van der Waals surface area contributed by atoms with Crippen molar-refractivity contribution >= 4 is 17.6 Å². The fourth-order valence-electron chi connectivity index (χ4n) is 2.62. The first-order valence-electron chi connectivity index (χ1n) is 6.12. The number of carboxylic acids is 1. The number of halogens is 1. The fourth-order valence-corrected chi connectivity index (χ4v) is 2.90. The number of carbonyl (C=O) groups is 1. The molecule has 2 aliphatic heterocycles. The Morgan fingerprint density at radius 2 is 2.32 bits per heavy atom. The maximum Gasteiger partial charge on any atom is 0.307 e. The van der Waals surface area contributed by atoms with Gasteiger partial charge in [0.05, 0.1) is 10.9 Å². The van der Waals surface area contributed by atoms with Gasteiger partial charge in [0.2, 0.25) is 6.79 Å². The first-order valence-corrected chi connectivity index (χ1v) is 6.50. The Morgan fingerprint density at radius 3 is 3.00 bits per heavy atom. The fraction of sp³-hybridized carbons (Fsp3) is 0.462. The molecule has 0 spiro atoms. The minimum atomic E-state index is -0.774. The summed E-state index contributed by atoms with van der Waals surface area (Å²) in [5.74, 6) is 0.217. The molecule has 1 aromatic carbocycles. The lowest BCUT2D eigenvalue weighted by Gasteiger charge is -2.15. The van der Waals surface area contributed by atoms with Crippen LogP contribution in [0.1, 0.15) is 23.6 Å². The zero-order valence-corrected chi connectivity index (χ0v) is 11.2. The third-order valence-corrected chi connectivity index (χ3v) is 4.21. The largest absolute Gasteiger partial charge is 0.481 e. The van der Waals surface area contributed by atoms with Crippen LogP contribution in [0.25, 0.3) is 0 Å². The Bertz CT molecular complexity index is 546. The summed E-state index contributed by atoms with van der Waals surface area (Å²) in [6.07, 6.45) is 0.536. The van der Waals surface area contributed by atoms with Crippen LogP contribution in [0.2, 0.25) is 5.02 Å². The Hall–Kier alpha value is -1.46. The Kier molecular flexibility index (Phi) is 3.03. The number of carboxylic acid groups (broad SMARTS) is 1. The molecule has 2 atom stereocenters. The summed E-state index contributed by atoms with van der Waals surface area (Å²) in [5.41, 5.74) is 1.72. The minimum absolute atomic E-state index is 0.0539. The summed E-state index contributed by atoms with van der Waals surface area (Å²) in [7, 11) is 0. The number of nitrogens with one attached hydrogen (secondary N) is 1. The molecule has 0 aromatic heterocycles. The molecule has 0 radical (unpaired) electrons. The van der Waals surface area contributed by atoms with Crippen LogP contribution in [0.4, 0.5) is 0 Å². The smallest absolute Gasteiger partial charge is 0.307 e. The first-order chi connectivity index (χ1) is 9.08. The van der Waals surface area contributed by atoms with Crippen molar-refractivity contribution in [2.24, 2.45) is 5.92 Å². The van der Waals surface area contributed by atoms with E-state index in [4.69, 9.17) is 26.2 Å². The predicted octanol–water partition coefficient (Wildman–Crippen LogP) is 2.11. The van der Waals surface area contributed by atoms with Crippen LogP contribution < -0.4 is 14.8 Å². The van der Waals surface area contributed by atoms with Crippen LogP contribution >= 0.6 is 11.6 Å². The van der Waals surface area contributed by atoms with Gasteiger partial charge < -0.3 is 19.9 Å². The van der Waals surface area contributed by atoms with Gasteiger partial charge >= 0.3 is 5.97 Å². The normalized spacial score (nSPS) is 24.7. The van der Waals surface area contributed by atoms with Crippen molar-refractivity contribution in [2.45, 2.75) is 19.4 Å². The third kappa shape index (κ3) is 2.03. The second-order valence-corrected chi connectivity index (χ2v) is 5.25. The molecule has 2 heterocycles. The molecule has 1 fully saturated rings. The summed E-state index contributed by atoms with van der Waals surface area (Å²) in [6, 6.07) is 1.79. The van der Waals surface area contributed by atoms with Gasteiger partial charge in [-0.15, -0.1) is 0 Å². The predicted molar refractivity (Wildman–Crippen MR) is 68.8 cm³/mol. The van der Waals surface area contributed by atoms with E-state index in [1.807, 2.05) is 13.0 Å². The number of ether oxygens (including phenoxy) is 2. The van der Waals surface area contributed by atoms with E-state index < -0.39 is 5.97 Å². The summed E-state index contributed by atoms with van der Waals surface area (Å²) in [5, 5.41) is 12.9. The van der Waals surface area contributed by atoms with Crippen LogP contribution in [0.5, 0.6) is 11.5 Å². The van der Waals surface area contributed by atoms with Crippen molar-refractivity contribution in [3.8, 4) is 11.5 Å². The van der Waals surface area contributed by atoms with E-state index in [0.717, 1.165) is 11.1 Å². The van der Waals surface area contributed by atoms with Crippen molar-refractivity contribution in [2.75, 3.05) is 13.3 Å². The van der Waals surface area contributed by atoms with Crippen molar-refractivity contribution < 1.29 is 19.4 Å². The molecule has 19 heavy (non-hydrogen) atoms. The number of fused-ring (bicyclic) bond motifs is 1. The lowest BCUT2D eigenvalue weighted by molar-refractivity contribution is -0.141. The number of aliphatic carboxylic acids is 1. The van der Waals surface area contributed by atoms with Crippen molar-refractivity contribution in [3.63, 3.8) is 0 Å². The van der Waals surface area contributed by atoms with E-state index in [1.165, 1.54) is 0 Å². The van der Waals surface area contributed by atoms with Gasteiger partial charge in [-0.1, -0.05) is 11.6 Å². The Balaban J connectivity index is 1.94. The molecular weight excluding hydrogens is 270 g/mol. The molecule has 6 heteroatoms. The second-order valence-electron chi connectivity index (χ2n) is 4.87. The quantitative estimate of drug-likeness (QED) is 0.870. The van der Waals surface area contributed by atoms with E-state index in [1.54, 1.807) is 0 Å². The summed E-state index contributed by atoms with van der Waals surface area (Å²) >= 11 is 6.36. The molecular formula is C13H14ClNO4. The zero-order chi connectivity index (χ0) is 13.6. The highest BCUT2D eigenvalue weighted by molar-refractivity contribution is 6.32. The molecule has 102 valence electrons. The van der Waals surface area contributed by atoms with Crippen molar-refractivity contribution in [1.82, 2.24) is 5.32 Å². The van der Waals surface area contributed by atoms with Crippen LogP contribution in [0, 0.1) is 12.8 Å². The molecule has 2 aliphatic rings. The van der Waals surface area contributed by atoms with E-state index in [9.17, 15) is 4.79 Å². The Morgan fingerprint density at radius 1 is 1.53 bits per heavy atom. The van der Waals surface area contributed by atoms with E-state index >= 15 is 0 Å². The minimum Gasteiger partial charge on any atom is -0.481 e. The lowest BCUT2D eigenvalue weighted by atomic mass is 9.98. The van der Waals surface area contributed by atoms with Crippen LogP contribution in [0.3, 0.4) is 0 Å². The van der Waals surface area contributed by atoms with Gasteiger partial charge in [-0.2, -0.15) is 0 Å². The van der Waals surface area contributed by atoms with E-state index in [2.05, 4.69) is 5.32 Å². The second kappa shape index (κ2) is 4.58. The number of hydrogen-bond donors (Lipinski definition) is 2. The molecule has 1 aromatic rings. The van der Waals surface area contributed by atoms with Crippen LogP contribution in [-0.4, -0.2) is 24.4 Å². The molecule has 2 N–H and O–H groups in total. The number of hydrogen-bond acceptors (Lipinski definition) is 4. The zero-order valence-electron chi connectivity index (χ0n) is 10.4. The third-order valence-electron chi connectivity index (χ3n) is 3.71. The molecule has 0 aliphatic carbocycles. The van der Waals surface area contributed by atoms with Gasteiger partial charge in [0.1, 0.15) is 0 Å². The van der Waals surface area contributed by atoms with Gasteiger partial charge in [-0.3, -0.25) is 4.79 Å². The highest BCUT2D eigenvalue weighted by Gasteiger charge is 2.33. The average Bonchev–Trinajstić information content (AvgIpc) is 3.01. The van der Waals surface area contributed by atoms with Gasteiger partial charge in [0.25, 0.3) is 0 Å². The molecule has 0 saturated carbocycles. The van der Waals surface area contributed by atoms with E-state index in [0.29, 0.717) is 29.5 Å². The number of benzene rings is 1. The van der Waals surface area contributed by atoms with Crippen molar-refractivity contribution in [3.05, 3.63) is 22.2 Å². The van der Waals surface area contributed by atoms with Gasteiger partial charge in [-0.05, 0) is 25.0 Å². The first kappa shape index (κ1) is 12.6. The summed E-state index contributed by atoms with van der Waals surface area (Å²) in [4.78, 5) is 11.0. The SMILES string of the molecule is Cc1c(Cl)c(C2CC(C(=O)O)CN2)cc2c1OCO2. The summed E-state index contributed by atoms with van der Waals surface area (Å²) < 4.78 is 10.7. The van der Waals surface area contributed by atoms with E-state index in [-0.39, 0.29) is 18.8 Å². The highest BCUT2D eigenvalue weighted by Crippen LogP contribution is 2.44. The monoisotopic (exact) mass is 283 g/mol.